The molecule has 4 nitrogen and oxygen atoms in total. The minimum Gasteiger partial charge on any atom is -0.465 e. The SMILES string of the molecule is CC(C)COC(=O)CCCCCCCCCC(C(=O)OCC(C)C)C(C)C. The third-order valence-electron chi connectivity index (χ3n) is 4.64. The Labute approximate surface area is 167 Å². The van der Waals surface area contributed by atoms with Crippen molar-refractivity contribution in [1.29, 1.82) is 0 Å². The topological polar surface area (TPSA) is 52.6 Å². The summed E-state index contributed by atoms with van der Waals surface area (Å²) in [6.07, 6.45) is 9.30. The number of esters is 2. The Balaban J connectivity index is 3.68. The smallest absolute Gasteiger partial charge is 0.309 e. The first-order valence-electron chi connectivity index (χ1n) is 11.1. The first-order valence-corrected chi connectivity index (χ1v) is 11.1. The van der Waals surface area contributed by atoms with Gasteiger partial charge in [-0.2, -0.15) is 0 Å². The average Bonchev–Trinajstić information content (AvgIpc) is 2.59. The molecule has 0 aliphatic heterocycles. The molecule has 0 saturated heterocycles. The van der Waals surface area contributed by atoms with Crippen molar-refractivity contribution in [3.05, 3.63) is 0 Å². The lowest BCUT2D eigenvalue weighted by Gasteiger charge is -2.20. The van der Waals surface area contributed by atoms with E-state index in [4.69, 9.17) is 9.47 Å². The average molecular weight is 385 g/mol. The van der Waals surface area contributed by atoms with Crippen LogP contribution in [0.5, 0.6) is 0 Å². The molecule has 0 fully saturated rings. The number of hydrogen-bond donors (Lipinski definition) is 0. The normalized spacial score (nSPS) is 12.6. The molecule has 1 unspecified atom stereocenters. The maximum Gasteiger partial charge on any atom is 0.309 e. The van der Waals surface area contributed by atoms with Crippen LogP contribution in [0, 0.1) is 23.7 Å². The molecular weight excluding hydrogens is 340 g/mol. The van der Waals surface area contributed by atoms with Crippen LogP contribution in [-0.2, 0) is 19.1 Å². The van der Waals surface area contributed by atoms with Crippen LogP contribution < -0.4 is 0 Å². The van der Waals surface area contributed by atoms with Crippen molar-refractivity contribution in [2.24, 2.45) is 23.7 Å². The molecule has 0 heterocycles. The van der Waals surface area contributed by atoms with Crippen molar-refractivity contribution in [3.8, 4) is 0 Å². The summed E-state index contributed by atoms with van der Waals surface area (Å²) in [5.41, 5.74) is 0. The molecule has 0 amide bonds. The van der Waals surface area contributed by atoms with Gasteiger partial charge in [-0.3, -0.25) is 9.59 Å². The van der Waals surface area contributed by atoms with Crippen LogP contribution in [0.15, 0.2) is 0 Å². The molecule has 0 bridgehead atoms. The highest BCUT2D eigenvalue weighted by Gasteiger charge is 2.23. The first-order chi connectivity index (χ1) is 12.7. The summed E-state index contributed by atoms with van der Waals surface area (Å²) in [4.78, 5) is 23.7. The molecule has 27 heavy (non-hydrogen) atoms. The Morgan fingerprint density at radius 3 is 1.67 bits per heavy atom. The fraction of sp³-hybridized carbons (Fsp3) is 0.913. The molecule has 1 atom stereocenters. The van der Waals surface area contributed by atoms with Gasteiger partial charge in [0.05, 0.1) is 19.1 Å². The third-order valence-corrected chi connectivity index (χ3v) is 4.64. The Bertz CT molecular complexity index is 388. The summed E-state index contributed by atoms with van der Waals surface area (Å²) in [5.74, 6) is 1.07. The van der Waals surface area contributed by atoms with Crippen molar-refractivity contribution in [1.82, 2.24) is 0 Å². The maximum absolute atomic E-state index is 12.2. The Kier molecular flexibility index (Phi) is 15.3. The largest absolute Gasteiger partial charge is 0.465 e. The Morgan fingerprint density at radius 2 is 1.15 bits per heavy atom. The van der Waals surface area contributed by atoms with E-state index in [1.807, 2.05) is 13.8 Å². The van der Waals surface area contributed by atoms with Gasteiger partial charge >= 0.3 is 11.9 Å². The van der Waals surface area contributed by atoms with Crippen molar-refractivity contribution >= 4 is 11.9 Å². The zero-order chi connectivity index (χ0) is 20.7. The first kappa shape index (κ1) is 25.9. The maximum atomic E-state index is 12.2. The predicted octanol–water partition coefficient (Wildman–Crippen LogP) is 6.17. The minimum absolute atomic E-state index is 0.0250. The monoisotopic (exact) mass is 384 g/mol. The number of rotatable bonds is 16. The fourth-order valence-corrected chi connectivity index (χ4v) is 2.93. The quantitative estimate of drug-likeness (QED) is 0.236. The molecule has 0 radical (unpaired) electrons. The predicted molar refractivity (Wildman–Crippen MR) is 111 cm³/mol. The number of ether oxygens (including phenoxy) is 2. The Hall–Kier alpha value is -1.06. The molecule has 0 N–H and O–H groups in total. The summed E-state index contributed by atoms with van der Waals surface area (Å²) in [5, 5.41) is 0. The lowest BCUT2D eigenvalue weighted by atomic mass is 9.90. The van der Waals surface area contributed by atoms with Crippen LogP contribution in [0.2, 0.25) is 0 Å². The lowest BCUT2D eigenvalue weighted by Crippen LogP contribution is -2.24. The zero-order valence-corrected chi connectivity index (χ0v) is 18.7. The van der Waals surface area contributed by atoms with Gasteiger partial charge in [0, 0.05) is 6.42 Å². The summed E-state index contributed by atoms with van der Waals surface area (Å²) >= 11 is 0. The number of unbranched alkanes of at least 4 members (excludes halogenated alkanes) is 6. The second-order valence-electron chi connectivity index (χ2n) is 8.96. The molecule has 0 saturated carbocycles. The summed E-state index contributed by atoms with van der Waals surface area (Å²) in [6.45, 7) is 13.5. The van der Waals surface area contributed by atoms with Crippen molar-refractivity contribution < 1.29 is 19.1 Å². The van der Waals surface area contributed by atoms with Gasteiger partial charge in [0.2, 0.25) is 0 Å². The van der Waals surface area contributed by atoms with E-state index in [0.717, 1.165) is 32.1 Å². The molecular formula is C23H44O4. The standard InChI is InChI=1S/C23H44O4/c1-18(2)16-26-22(24)15-13-11-9-7-8-10-12-14-21(20(5)6)23(25)27-17-19(3)4/h18-21H,7-17H2,1-6H3. The Morgan fingerprint density at radius 1 is 0.667 bits per heavy atom. The molecule has 0 aromatic rings. The van der Waals surface area contributed by atoms with Gasteiger partial charge in [-0.15, -0.1) is 0 Å². The second-order valence-corrected chi connectivity index (χ2v) is 8.96. The van der Waals surface area contributed by atoms with Gasteiger partial charge in [-0.05, 0) is 30.6 Å². The summed E-state index contributed by atoms with van der Waals surface area (Å²) in [7, 11) is 0. The highest BCUT2D eigenvalue weighted by atomic mass is 16.5. The molecule has 0 spiro atoms. The number of hydrogen-bond acceptors (Lipinski definition) is 4. The molecule has 160 valence electrons. The number of carbonyl (C=O) groups excluding carboxylic acids is 2. The fourth-order valence-electron chi connectivity index (χ4n) is 2.93. The van der Waals surface area contributed by atoms with E-state index in [1.54, 1.807) is 0 Å². The third kappa shape index (κ3) is 15.7. The number of carbonyl (C=O) groups is 2. The zero-order valence-electron chi connectivity index (χ0n) is 18.7. The molecule has 0 aromatic heterocycles. The highest BCUT2D eigenvalue weighted by molar-refractivity contribution is 5.72. The van der Waals surface area contributed by atoms with Crippen LogP contribution in [0.3, 0.4) is 0 Å². The molecule has 0 aliphatic rings. The highest BCUT2D eigenvalue weighted by Crippen LogP contribution is 2.21. The van der Waals surface area contributed by atoms with Crippen LogP contribution >= 0.6 is 0 Å². The van der Waals surface area contributed by atoms with Crippen molar-refractivity contribution in [2.75, 3.05) is 13.2 Å². The van der Waals surface area contributed by atoms with E-state index in [2.05, 4.69) is 27.7 Å². The van der Waals surface area contributed by atoms with E-state index in [0.29, 0.717) is 37.4 Å². The van der Waals surface area contributed by atoms with E-state index in [9.17, 15) is 9.59 Å². The molecule has 0 rings (SSSR count). The second kappa shape index (κ2) is 15.9. The van der Waals surface area contributed by atoms with Crippen LogP contribution in [0.4, 0.5) is 0 Å². The lowest BCUT2D eigenvalue weighted by molar-refractivity contribution is -0.151. The van der Waals surface area contributed by atoms with Gasteiger partial charge in [0.15, 0.2) is 0 Å². The van der Waals surface area contributed by atoms with Crippen LogP contribution in [0.25, 0.3) is 0 Å². The van der Waals surface area contributed by atoms with Crippen molar-refractivity contribution in [2.45, 2.75) is 99.3 Å². The molecule has 0 aliphatic carbocycles. The summed E-state index contributed by atoms with van der Waals surface area (Å²) in [6, 6.07) is 0. The van der Waals surface area contributed by atoms with Gasteiger partial charge in [0.25, 0.3) is 0 Å². The van der Waals surface area contributed by atoms with Crippen LogP contribution in [0.1, 0.15) is 99.3 Å². The van der Waals surface area contributed by atoms with Gasteiger partial charge in [-0.25, -0.2) is 0 Å². The van der Waals surface area contributed by atoms with Crippen molar-refractivity contribution in [3.63, 3.8) is 0 Å². The van der Waals surface area contributed by atoms with E-state index in [1.165, 1.54) is 19.3 Å². The van der Waals surface area contributed by atoms with E-state index in [-0.39, 0.29) is 17.9 Å². The summed E-state index contributed by atoms with van der Waals surface area (Å²) < 4.78 is 10.6. The van der Waals surface area contributed by atoms with E-state index >= 15 is 0 Å². The minimum atomic E-state index is -0.0622. The van der Waals surface area contributed by atoms with Crippen LogP contribution in [-0.4, -0.2) is 25.2 Å². The molecule has 0 aromatic carbocycles. The van der Waals surface area contributed by atoms with Gasteiger partial charge in [-0.1, -0.05) is 80.1 Å². The van der Waals surface area contributed by atoms with Gasteiger partial charge < -0.3 is 9.47 Å². The van der Waals surface area contributed by atoms with Gasteiger partial charge in [0.1, 0.15) is 0 Å². The van der Waals surface area contributed by atoms with E-state index < -0.39 is 0 Å². The molecule has 4 heteroatoms.